The predicted molar refractivity (Wildman–Crippen MR) is 293 cm³/mol. The zero-order chi connectivity index (χ0) is 53.4. The van der Waals surface area contributed by atoms with E-state index in [1.54, 1.807) is 13.2 Å². The summed E-state index contributed by atoms with van der Waals surface area (Å²) in [6, 6.07) is 7.07. The van der Waals surface area contributed by atoms with Crippen LogP contribution in [0.3, 0.4) is 0 Å². The van der Waals surface area contributed by atoms with E-state index in [0.29, 0.717) is 111 Å². The third-order valence-electron chi connectivity index (χ3n) is 18.1. The number of aryl methyl sites for hydroxylation is 1. The molecule has 420 valence electrons. The van der Waals surface area contributed by atoms with E-state index >= 15 is 9.59 Å². The van der Waals surface area contributed by atoms with Crippen LogP contribution >= 0.6 is 0 Å². The van der Waals surface area contributed by atoms with Gasteiger partial charge in [0.1, 0.15) is 12.1 Å². The Bertz CT molecular complexity index is 2610. The van der Waals surface area contributed by atoms with Gasteiger partial charge in [-0.1, -0.05) is 39.3 Å². The molecule has 3 aromatic rings. The standard InChI is InChI=1S/C58H84N10O9/c1-7-67-49-14-13-41-27-44(49)46(54(67)45-28-42(63-19-24-74-25-20-63)30-59-51(45)39(3)72-6)29-58(4,5)36-77-57(71)48-12-10-16-68(61-48)56(70)52(47(32-62-17-22-73-23-18-62)50-33-64(41)21-26-76-50)60-55(69)53-38(2)40-11-8-9-15-65(53)37-66(31-40)43-34-75-35-43/h10,12-14,27-28,30,38-40,43,47-48,50,52-53,61H,7-9,11,15-26,29,31-37H2,1-6H3,(H,60,69)/t38?,39-,40?,47+,48-,50+,52-,53-/m0/s1. The van der Waals surface area contributed by atoms with Gasteiger partial charge in [0.05, 0.1) is 114 Å². The fraction of sp³-hybridized carbons (Fsp3) is 0.690. The summed E-state index contributed by atoms with van der Waals surface area (Å²) < 4.78 is 39.0. The zero-order valence-corrected chi connectivity index (χ0v) is 46.5. The van der Waals surface area contributed by atoms with E-state index in [4.69, 9.17) is 33.4 Å². The number of hydrogen-bond acceptors (Lipinski definition) is 16. The number of methoxy groups -OCH3 is 1. The summed E-state index contributed by atoms with van der Waals surface area (Å²) >= 11 is 0. The van der Waals surface area contributed by atoms with Crippen LogP contribution in [0.4, 0.5) is 11.4 Å². The largest absolute Gasteiger partial charge is 0.464 e. The minimum Gasteiger partial charge on any atom is -0.464 e. The summed E-state index contributed by atoms with van der Waals surface area (Å²) in [5, 5.41) is 6.14. The van der Waals surface area contributed by atoms with Crippen molar-refractivity contribution in [1.82, 2.24) is 40.0 Å². The van der Waals surface area contributed by atoms with E-state index in [2.05, 4.69) is 98.7 Å². The molecule has 0 radical (unpaired) electrons. The van der Waals surface area contributed by atoms with Gasteiger partial charge < -0.3 is 48.1 Å². The number of esters is 1. The Balaban J connectivity index is 1.01. The van der Waals surface area contributed by atoms with Gasteiger partial charge in [0.25, 0.3) is 5.91 Å². The van der Waals surface area contributed by atoms with Gasteiger partial charge >= 0.3 is 5.97 Å². The molecule has 1 aromatic carbocycles. The first-order valence-electron chi connectivity index (χ1n) is 28.8. The number of fused-ring (bicyclic) bond motifs is 9. The molecule has 0 spiro atoms. The second kappa shape index (κ2) is 23.6. The SMILES string of the molecule is CCn1c(-c2cc(N3CCOCC3)cnc2[C@H](C)OC)c2c3cc(ccc31)N1CCO[C@H](C1)[C@@H](CN1CCOCC1)[C@H](NC(=O)[C@@H]1C(C)C3CCCCN1CN(C1COC1)C3)C(=O)N1CC=C[C@H](N1)C(=O)OCC(C)(C)C2. The fourth-order valence-electron chi connectivity index (χ4n) is 13.5. The average Bonchev–Trinajstić information content (AvgIpc) is 3.72. The number of morpholine rings is 3. The number of aromatic nitrogens is 2. The van der Waals surface area contributed by atoms with Gasteiger partial charge in [-0.3, -0.25) is 34.3 Å². The van der Waals surface area contributed by atoms with Gasteiger partial charge in [-0.15, -0.1) is 0 Å². The van der Waals surface area contributed by atoms with Gasteiger partial charge in [0.15, 0.2) is 0 Å². The molecular formula is C58H84N10O9. The molecule has 19 nitrogen and oxygen atoms in total. The van der Waals surface area contributed by atoms with Gasteiger partial charge in [0, 0.05) is 106 Å². The van der Waals surface area contributed by atoms with E-state index in [1.165, 1.54) is 5.01 Å². The number of cyclic esters (lactones) is 1. The quantitative estimate of drug-likeness (QED) is 0.220. The molecule has 11 rings (SSSR count). The zero-order valence-electron chi connectivity index (χ0n) is 46.5. The number of benzene rings is 1. The molecule has 0 aliphatic carbocycles. The molecule has 0 saturated carbocycles. The molecule has 10 heterocycles. The Labute approximate surface area is 454 Å². The number of pyridine rings is 1. The number of nitrogens with one attached hydrogen (secondary N) is 2. The molecular weight excluding hydrogens is 981 g/mol. The van der Waals surface area contributed by atoms with Crippen LogP contribution in [0.1, 0.15) is 71.2 Å². The number of amides is 2. The monoisotopic (exact) mass is 1060 g/mol. The van der Waals surface area contributed by atoms with Crippen LogP contribution in [0.25, 0.3) is 22.2 Å². The van der Waals surface area contributed by atoms with Crippen LogP contribution in [0.15, 0.2) is 42.6 Å². The summed E-state index contributed by atoms with van der Waals surface area (Å²) in [5.41, 5.74) is 10.0. The van der Waals surface area contributed by atoms with E-state index in [-0.39, 0.29) is 37.0 Å². The van der Waals surface area contributed by atoms with Crippen molar-refractivity contribution in [1.29, 1.82) is 0 Å². The molecule has 9 atom stereocenters. The lowest BCUT2D eigenvalue weighted by Crippen LogP contribution is -2.66. The molecule has 8 aliphatic heterocycles. The Morgan fingerprint density at radius 1 is 0.935 bits per heavy atom. The molecule has 3 unspecified atom stereocenters. The third kappa shape index (κ3) is 11.4. The van der Waals surface area contributed by atoms with Crippen molar-refractivity contribution in [3.8, 4) is 11.3 Å². The molecule has 2 amide bonds. The number of rotatable bonds is 10. The van der Waals surface area contributed by atoms with Gasteiger partial charge in [-0.2, -0.15) is 0 Å². The number of hydrogen-bond donors (Lipinski definition) is 2. The maximum atomic E-state index is 15.7. The van der Waals surface area contributed by atoms with E-state index < -0.39 is 41.5 Å². The minimum absolute atomic E-state index is 0.0528. The highest BCUT2D eigenvalue weighted by atomic mass is 16.5. The fourth-order valence-corrected chi connectivity index (χ4v) is 13.5. The topological polar surface area (TPSA) is 168 Å². The molecule has 8 bridgehead atoms. The molecule has 2 aromatic heterocycles. The molecule has 6 fully saturated rings. The van der Waals surface area contributed by atoms with E-state index in [1.807, 2.05) is 12.3 Å². The van der Waals surface area contributed by atoms with Crippen molar-refractivity contribution in [2.75, 3.05) is 142 Å². The lowest BCUT2D eigenvalue weighted by Gasteiger charge is -2.45. The summed E-state index contributed by atoms with van der Waals surface area (Å²) in [4.78, 5) is 62.9. The molecule has 6 saturated heterocycles. The Morgan fingerprint density at radius 2 is 1.71 bits per heavy atom. The molecule has 77 heavy (non-hydrogen) atoms. The minimum atomic E-state index is -1.00. The van der Waals surface area contributed by atoms with Crippen LogP contribution in [0.2, 0.25) is 0 Å². The van der Waals surface area contributed by atoms with Gasteiger partial charge in [-0.25, -0.2) is 10.2 Å². The number of ether oxygens (including phenoxy) is 6. The third-order valence-corrected chi connectivity index (χ3v) is 18.1. The molecule has 19 heteroatoms. The highest BCUT2D eigenvalue weighted by Gasteiger charge is 2.48. The van der Waals surface area contributed by atoms with Crippen molar-refractivity contribution in [2.24, 2.45) is 23.2 Å². The summed E-state index contributed by atoms with van der Waals surface area (Å²) in [6.45, 7) is 23.1. The van der Waals surface area contributed by atoms with Gasteiger partial charge in [-0.05, 0) is 74.8 Å². The first-order chi connectivity index (χ1) is 37.4. The van der Waals surface area contributed by atoms with Crippen molar-refractivity contribution in [2.45, 2.75) is 103 Å². The Morgan fingerprint density at radius 3 is 2.47 bits per heavy atom. The van der Waals surface area contributed by atoms with E-state index in [0.717, 1.165) is 90.2 Å². The molecule has 8 aliphatic rings. The summed E-state index contributed by atoms with van der Waals surface area (Å²) in [6.07, 6.45) is 8.63. The first-order valence-corrected chi connectivity index (χ1v) is 28.8. The van der Waals surface area contributed by atoms with Crippen molar-refractivity contribution < 1.29 is 42.8 Å². The highest BCUT2D eigenvalue weighted by molar-refractivity contribution is 5.95. The van der Waals surface area contributed by atoms with E-state index in [9.17, 15) is 4.79 Å². The highest BCUT2D eigenvalue weighted by Crippen LogP contribution is 2.44. The van der Waals surface area contributed by atoms with Crippen LogP contribution < -0.4 is 20.5 Å². The van der Waals surface area contributed by atoms with Crippen LogP contribution in [-0.2, 0) is 55.8 Å². The van der Waals surface area contributed by atoms with Crippen molar-refractivity contribution in [3.63, 3.8) is 0 Å². The van der Waals surface area contributed by atoms with Crippen molar-refractivity contribution in [3.05, 3.63) is 53.9 Å². The first kappa shape index (κ1) is 54.3. The number of carbonyl (C=O) groups is 3. The second-order valence-corrected chi connectivity index (χ2v) is 23.7. The average molecular weight is 1070 g/mol. The van der Waals surface area contributed by atoms with Crippen LogP contribution in [-0.4, -0.2) is 209 Å². The lowest BCUT2D eigenvalue weighted by atomic mass is 9.81. The number of anilines is 2. The second-order valence-electron chi connectivity index (χ2n) is 23.7. The summed E-state index contributed by atoms with van der Waals surface area (Å²) in [5.74, 6) is -1.03. The Kier molecular flexibility index (Phi) is 16.6. The van der Waals surface area contributed by atoms with Crippen LogP contribution in [0, 0.1) is 23.2 Å². The lowest BCUT2D eigenvalue weighted by molar-refractivity contribution is -0.153. The Hall–Kier alpha value is -4.70. The number of hydrazine groups is 1. The number of nitrogens with zero attached hydrogens (tertiary/aromatic N) is 8. The van der Waals surface area contributed by atoms with Crippen LogP contribution in [0.5, 0.6) is 0 Å². The molecule has 2 N–H and O–H groups in total. The maximum absolute atomic E-state index is 15.7. The number of carbonyl (C=O) groups excluding carboxylic acids is 3. The summed E-state index contributed by atoms with van der Waals surface area (Å²) in [7, 11) is 1.73. The predicted octanol–water partition coefficient (Wildman–Crippen LogP) is 4.08. The smallest absolute Gasteiger partial charge is 0.328 e. The van der Waals surface area contributed by atoms with Crippen molar-refractivity contribution >= 4 is 40.1 Å². The maximum Gasteiger partial charge on any atom is 0.328 e. The van der Waals surface area contributed by atoms with Gasteiger partial charge in [0.2, 0.25) is 5.91 Å². The normalized spacial score (nSPS) is 30.5.